The average molecular weight is 266 g/mol. The first-order chi connectivity index (χ1) is 8.56. The molecule has 0 unspecified atom stereocenters. The smallest absolute Gasteiger partial charge is 0.159 e. The van der Waals surface area contributed by atoms with Gasteiger partial charge in [-0.15, -0.1) is 12.6 Å². The molecular weight excluding hydrogens is 254 g/mol. The second-order valence-electron chi connectivity index (χ2n) is 3.99. The van der Waals surface area contributed by atoms with Crippen LogP contribution < -0.4 is 4.74 Å². The highest BCUT2D eigenvalue weighted by atomic mass is 32.1. The molecule has 2 aromatic rings. The summed E-state index contributed by atoms with van der Waals surface area (Å²) >= 11 is 4.26. The van der Waals surface area contributed by atoms with Gasteiger partial charge in [0.05, 0.1) is 0 Å². The predicted octanol–water partition coefficient (Wildman–Crippen LogP) is 4.14. The summed E-state index contributed by atoms with van der Waals surface area (Å²) in [5, 5.41) is 0. The van der Waals surface area contributed by atoms with Gasteiger partial charge >= 0.3 is 0 Å². The number of benzene rings is 2. The Bertz CT molecular complexity index is 518. The van der Waals surface area contributed by atoms with Crippen molar-refractivity contribution in [1.82, 2.24) is 0 Å². The SMILES string of the molecule is Cc1cc(OCc2ccc(F)c(F)c2)ccc1S. The number of rotatable bonds is 3. The number of hydrogen-bond donors (Lipinski definition) is 1. The first kappa shape index (κ1) is 12.9. The monoisotopic (exact) mass is 266 g/mol. The Kier molecular flexibility index (Phi) is 3.87. The summed E-state index contributed by atoms with van der Waals surface area (Å²) in [5.41, 5.74) is 1.59. The van der Waals surface area contributed by atoms with E-state index in [0.29, 0.717) is 11.3 Å². The van der Waals surface area contributed by atoms with Crippen LogP contribution in [-0.4, -0.2) is 0 Å². The van der Waals surface area contributed by atoms with E-state index in [1.54, 1.807) is 6.07 Å². The summed E-state index contributed by atoms with van der Waals surface area (Å²) in [4.78, 5) is 0.884. The molecule has 2 rings (SSSR count). The molecule has 0 saturated heterocycles. The highest BCUT2D eigenvalue weighted by Crippen LogP contribution is 2.21. The van der Waals surface area contributed by atoms with Crippen LogP contribution in [-0.2, 0) is 6.61 Å². The van der Waals surface area contributed by atoms with Gasteiger partial charge in [0, 0.05) is 4.90 Å². The highest BCUT2D eigenvalue weighted by molar-refractivity contribution is 7.80. The van der Waals surface area contributed by atoms with Gasteiger partial charge in [-0.1, -0.05) is 6.07 Å². The standard InChI is InChI=1S/C14H12F2OS/c1-9-6-11(3-5-14(9)18)17-8-10-2-4-12(15)13(16)7-10/h2-7,18H,8H2,1H3. The van der Waals surface area contributed by atoms with Crippen molar-refractivity contribution in [3.8, 4) is 5.75 Å². The number of ether oxygens (including phenoxy) is 1. The lowest BCUT2D eigenvalue weighted by molar-refractivity contribution is 0.304. The van der Waals surface area contributed by atoms with E-state index in [9.17, 15) is 8.78 Å². The van der Waals surface area contributed by atoms with Crippen molar-refractivity contribution in [3.63, 3.8) is 0 Å². The Balaban J connectivity index is 2.06. The second kappa shape index (κ2) is 5.40. The molecule has 0 aliphatic rings. The van der Waals surface area contributed by atoms with E-state index in [2.05, 4.69) is 12.6 Å². The van der Waals surface area contributed by atoms with Gasteiger partial charge in [0.25, 0.3) is 0 Å². The van der Waals surface area contributed by atoms with E-state index < -0.39 is 11.6 Å². The zero-order valence-electron chi connectivity index (χ0n) is 9.78. The minimum Gasteiger partial charge on any atom is -0.489 e. The molecule has 18 heavy (non-hydrogen) atoms. The number of halogens is 2. The second-order valence-corrected chi connectivity index (χ2v) is 4.47. The summed E-state index contributed by atoms with van der Waals surface area (Å²) in [5.74, 6) is -1.04. The molecule has 0 bridgehead atoms. The third kappa shape index (κ3) is 3.01. The molecule has 94 valence electrons. The van der Waals surface area contributed by atoms with E-state index in [4.69, 9.17) is 4.74 Å². The van der Waals surface area contributed by atoms with E-state index in [-0.39, 0.29) is 6.61 Å². The van der Waals surface area contributed by atoms with Crippen molar-refractivity contribution in [2.45, 2.75) is 18.4 Å². The van der Waals surface area contributed by atoms with Crippen LogP contribution in [0, 0.1) is 18.6 Å². The zero-order valence-corrected chi connectivity index (χ0v) is 10.7. The Morgan fingerprint density at radius 2 is 1.83 bits per heavy atom. The normalized spacial score (nSPS) is 10.4. The quantitative estimate of drug-likeness (QED) is 0.821. The van der Waals surface area contributed by atoms with Crippen molar-refractivity contribution in [1.29, 1.82) is 0 Å². The van der Waals surface area contributed by atoms with Crippen LogP contribution in [0.4, 0.5) is 8.78 Å². The van der Waals surface area contributed by atoms with Crippen molar-refractivity contribution in [2.75, 3.05) is 0 Å². The van der Waals surface area contributed by atoms with E-state index in [0.717, 1.165) is 22.6 Å². The molecule has 0 aromatic heterocycles. The summed E-state index contributed by atoms with van der Waals surface area (Å²) in [6, 6.07) is 9.19. The first-order valence-electron chi connectivity index (χ1n) is 5.42. The highest BCUT2D eigenvalue weighted by Gasteiger charge is 2.03. The lowest BCUT2D eigenvalue weighted by Crippen LogP contribution is -1.97. The molecule has 0 spiro atoms. The van der Waals surface area contributed by atoms with Crippen LogP contribution in [0.1, 0.15) is 11.1 Å². The van der Waals surface area contributed by atoms with Crippen LogP contribution in [0.2, 0.25) is 0 Å². The van der Waals surface area contributed by atoms with Gasteiger partial charge in [-0.05, 0) is 48.4 Å². The Labute approximate surface area is 110 Å². The van der Waals surface area contributed by atoms with Gasteiger partial charge < -0.3 is 4.74 Å². The average Bonchev–Trinajstić information content (AvgIpc) is 2.35. The first-order valence-corrected chi connectivity index (χ1v) is 5.87. The van der Waals surface area contributed by atoms with Gasteiger partial charge in [0.15, 0.2) is 11.6 Å². The van der Waals surface area contributed by atoms with E-state index >= 15 is 0 Å². The molecule has 0 fully saturated rings. The van der Waals surface area contributed by atoms with Gasteiger partial charge in [-0.25, -0.2) is 8.78 Å². The Morgan fingerprint density at radius 3 is 2.50 bits per heavy atom. The number of aryl methyl sites for hydroxylation is 1. The lowest BCUT2D eigenvalue weighted by Gasteiger charge is -2.08. The van der Waals surface area contributed by atoms with Gasteiger partial charge in [0.1, 0.15) is 12.4 Å². The molecule has 0 N–H and O–H groups in total. The minimum atomic E-state index is -0.863. The largest absolute Gasteiger partial charge is 0.489 e. The zero-order chi connectivity index (χ0) is 13.1. The molecule has 0 amide bonds. The van der Waals surface area contributed by atoms with Crippen molar-refractivity contribution in [2.24, 2.45) is 0 Å². The molecular formula is C14H12F2OS. The van der Waals surface area contributed by atoms with Gasteiger partial charge in [0.2, 0.25) is 0 Å². The Morgan fingerprint density at radius 1 is 1.06 bits per heavy atom. The molecule has 0 aliphatic heterocycles. The van der Waals surface area contributed by atoms with Crippen molar-refractivity contribution in [3.05, 3.63) is 59.2 Å². The maximum absolute atomic E-state index is 13.0. The molecule has 0 radical (unpaired) electrons. The van der Waals surface area contributed by atoms with Crippen LogP contribution in [0.3, 0.4) is 0 Å². The topological polar surface area (TPSA) is 9.23 Å². The van der Waals surface area contributed by atoms with Gasteiger partial charge in [-0.3, -0.25) is 0 Å². The van der Waals surface area contributed by atoms with Crippen LogP contribution in [0.25, 0.3) is 0 Å². The van der Waals surface area contributed by atoms with Crippen molar-refractivity contribution >= 4 is 12.6 Å². The third-order valence-corrected chi connectivity index (χ3v) is 3.06. The Hall–Kier alpha value is -1.55. The van der Waals surface area contributed by atoms with Crippen LogP contribution in [0.5, 0.6) is 5.75 Å². The molecule has 0 atom stereocenters. The fraction of sp³-hybridized carbons (Fsp3) is 0.143. The van der Waals surface area contributed by atoms with Crippen LogP contribution in [0.15, 0.2) is 41.3 Å². The lowest BCUT2D eigenvalue weighted by atomic mass is 10.2. The third-order valence-electron chi connectivity index (χ3n) is 2.56. The molecule has 0 saturated carbocycles. The van der Waals surface area contributed by atoms with E-state index in [1.165, 1.54) is 6.07 Å². The summed E-state index contributed by atoms with van der Waals surface area (Å²) < 4.78 is 31.2. The summed E-state index contributed by atoms with van der Waals surface area (Å²) in [6.07, 6.45) is 0. The fourth-order valence-electron chi connectivity index (χ4n) is 1.51. The predicted molar refractivity (Wildman–Crippen MR) is 69.1 cm³/mol. The molecule has 0 heterocycles. The number of thiol groups is 1. The van der Waals surface area contributed by atoms with Crippen molar-refractivity contribution < 1.29 is 13.5 Å². The fourth-order valence-corrected chi connectivity index (χ4v) is 1.65. The maximum Gasteiger partial charge on any atom is 0.159 e. The number of hydrogen-bond acceptors (Lipinski definition) is 2. The maximum atomic E-state index is 13.0. The summed E-state index contributed by atoms with van der Waals surface area (Å²) in [7, 11) is 0. The minimum absolute atomic E-state index is 0.197. The molecule has 4 heteroatoms. The van der Waals surface area contributed by atoms with Gasteiger partial charge in [-0.2, -0.15) is 0 Å². The molecule has 1 nitrogen and oxygen atoms in total. The molecule has 2 aromatic carbocycles. The molecule has 0 aliphatic carbocycles. The van der Waals surface area contributed by atoms with Crippen LogP contribution >= 0.6 is 12.6 Å². The van der Waals surface area contributed by atoms with E-state index in [1.807, 2.05) is 19.1 Å². The summed E-state index contributed by atoms with van der Waals surface area (Å²) in [6.45, 7) is 2.12.